The topological polar surface area (TPSA) is 72.9 Å². The van der Waals surface area contributed by atoms with Gasteiger partial charge in [-0.2, -0.15) is 5.10 Å². The molecule has 3 N–H and O–H groups in total. The van der Waals surface area contributed by atoms with Crippen LogP contribution in [0, 0.1) is 13.8 Å². The van der Waals surface area contributed by atoms with Crippen LogP contribution in [-0.2, 0) is 7.05 Å². The molecule has 5 heteroatoms. The molecular weight excluding hydrogens is 228 g/mol. The monoisotopic (exact) mass is 250 g/mol. The average molecular weight is 250 g/mol. The molecule has 2 rings (SSSR count). The molecule has 0 aromatic carbocycles. The summed E-state index contributed by atoms with van der Waals surface area (Å²) in [5.41, 5.74) is 8.00. The molecule has 0 aliphatic heterocycles. The van der Waals surface area contributed by atoms with Gasteiger partial charge in [0.2, 0.25) is 0 Å². The van der Waals surface area contributed by atoms with Crippen LogP contribution in [0.2, 0.25) is 0 Å². The Morgan fingerprint density at radius 1 is 1.44 bits per heavy atom. The highest BCUT2D eigenvalue weighted by Crippen LogP contribution is 2.29. The van der Waals surface area contributed by atoms with Gasteiger partial charge in [-0.25, -0.2) is 0 Å². The van der Waals surface area contributed by atoms with E-state index in [0.29, 0.717) is 12.1 Å². The summed E-state index contributed by atoms with van der Waals surface area (Å²) in [6.07, 6.45) is 4.24. The van der Waals surface area contributed by atoms with Gasteiger partial charge in [-0.1, -0.05) is 12.8 Å². The quantitative estimate of drug-likeness (QED) is 0.841. The normalized spacial score (nSPS) is 18.0. The minimum absolute atomic E-state index is 0.0366. The number of hydrogen-bond donors (Lipinski definition) is 2. The number of carbonyl (C=O) groups is 1. The Morgan fingerprint density at radius 2 is 2.06 bits per heavy atom. The number of amides is 1. The molecule has 0 unspecified atom stereocenters. The van der Waals surface area contributed by atoms with Crippen molar-refractivity contribution in [3.63, 3.8) is 0 Å². The molecule has 0 bridgehead atoms. The highest BCUT2D eigenvalue weighted by Gasteiger charge is 2.35. The fourth-order valence-corrected chi connectivity index (χ4v) is 2.84. The molecule has 1 saturated carbocycles. The zero-order valence-corrected chi connectivity index (χ0v) is 11.4. The first-order valence-corrected chi connectivity index (χ1v) is 6.52. The molecule has 1 aromatic rings. The molecule has 0 radical (unpaired) electrons. The largest absolute Gasteiger partial charge is 0.345 e. The number of aryl methyl sites for hydroxylation is 2. The van der Waals surface area contributed by atoms with Crippen LogP contribution in [0.3, 0.4) is 0 Å². The lowest BCUT2D eigenvalue weighted by Crippen LogP contribution is -2.51. The second-order valence-corrected chi connectivity index (χ2v) is 5.32. The van der Waals surface area contributed by atoms with E-state index in [1.54, 1.807) is 4.68 Å². The minimum atomic E-state index is -0.203. The molecule has 1 aliphatic rings. The molecule has 1 aromatic heterocycles. The number of nitrogens with one attached hydrogen (secondary N) is 1. The minimum Gasteiger partial charge on any atom is -0.345 e. The van der Waals surface area contributed by atoms with Crippen molar-refractivity contribution in [3.8, 4) is 0 Å². The van der Waals surface area contributed by atoms with Crippen LogP contribution in [0.25, 0.3) is 0 Å². The van der Waals surface area contributed by atoms with E-state index in [9.17, 15) is 4.79 Å². The van der Waals surface area contributed by atoms with Gasteiger partial charge >= 0.3 is 0 Å². The number of nitrogens with two attached hydrogens (primary N) is 1. The first-order chi connectivity index (χ1) is 8.49. The van der Waals surface area contributed by atoms with E-state index in [-0.39, 0.29) is 11.4 Å². The van der Waals surface area contributed by atoms with Gasteiger partial charge < -0.3 is 11.1 Å². The van der Waals surface area contributed by atoms with Crippen molar-refractivity contribution in [2.45, 2.75) is 45.1 Å². The van der Waals surface area contributed by atoms with E-state index in [0.717, 1.165) is 37.1 Å². The summed E-state index contributed by atoms with van der Waals surface area (Å²) < 4.78 is 1.74. The summed E-state index contributed by atoms with van der Waals surface area (Å²) >= 11 is 0. The molecule has 18 heavy (non-hydrogen) atoms. The maximum Gasteiger partial charge on any atom is 0.255 e. The van der Waals surface area contributed by atoms with Crippen LogP contribution in [0.1, 0.15) is 47.4 Å². The molecule has 1 fully saturated rings. The number of hydrogen-bond acceptors (Lipinski definition) is 3. The van der Waals surface area contributed by atoms with E-state index in [2.05, 4.69) is 10.4 Å². The van der Waals surface area contributed by atoms with Crippen LogP contribution in [-0.4, -0.2) is 27.8 Å². The Hall–Kier alpha value is -1.36. The molecule has 1 heterocycles. The zero-order valence-electron chi connectivity index (χ0n) is 11.4. The van der Waals surface area contributed by atoms with Crippen molar-refractivity contribution in [3.05, 3.63) is 17.0 Å². The number of aromatic nitrogens is 2. The van der Waals surface area contributed by atoms with Gasteiger partial charge in [0.15, 0.2) is 0 Å². The Labute approximate surface area is 108 Å². The average Bonchev–Trinajstić information content (AvgIpc) is 2.86. The maximum absolute atomic E-state index is 12.4. The Morgan fingerprint density at radius 3 is 2.50 bits per heavy atom. The smallest absolute Gasteiger partial charge is 0.255 e. The van der Waals surface area contributed by atoms with E-state index < -0.39 is 0 Å². The van der Waals surface area contributed by atoms with Crippen molar-refractivity contribution in [1.82, 2.24) is 15.1 Å². The van der Waals surface area contributed by atoms with Gasteiger partial charge in [0.1, 0.15) is 0 Å². The zero-order chi connectivity index (χ0) is 13.3. The third-order valence-corrected chi connectivity index (χ3v) is 4.07. The second kappa shape index (κ2) is 4.72. The third-order valence-electron chi connectivity index (χ3n) is 4.07. The number of nitrogens with zero attached hydrogens (tertiary/aromatic N) is 2. The van der Waals surface area contributed by atoms with E-state index in [1.807, 2.05) is 20.9 Å². The van der Waals surface area contributed by atoms with Gasteiger partial charge in [-0.05, 0) is 26.7 Å². The van der Waals surface area contributed by atoms with Crippen LogP contribution in [0.4, 0.5) is 0 Å². The number of carbonyl (C=O) groups excluding carboxylic acids is 1. The summed E-state index contributed by atoms with van der Waals surface area (Å²) in [5, 5.41) is 7.42. The van der Waals surface area contributed by atoms with Crippen LogP contribution >= 0.6 is 0 Å². The van der Waals surface area contributed by atoms with Gasteiger partial charge in [0, 0.05) is 19.3 Å². The summed E-state index contributed by atoms with van der Waals surface area (Å²) in [6.45, 7) is 4.29. The standard InChI is InChI=1S/C13H22N4O/c1-9-11(10(2)17(3)16-9)12(18)15-13(8-14)6-4-5-7-13/h4-8,14H2,1-3H3,(H,15,18). The molecule has 100 valence electrons. The second-order valence-electron chi connectivity index (χ2n) is 5.32. The Bertz CT molecular complexity index is 458. The van der Waals surface area contributed by atoms with Crippen molar-refractivity contribution < 1.29 is 4.79 Å². The van der Waals surface area contributed by atoms with Gasteiger partial charge in [0.05, 0.1) is 16.8 Å². The fraction of sp³-hybridized carbons (Fsp3) is 0.692. The van der Waals surface area contributed by atoms with Crippen molar-refractivity contribution in [2.75, 3.05) is 6.54 Å². The number of rotatable bonds is 3. The predicted molar refractivity (Wildman–Crippen MR) is 70.4 cm³/mol. The lowest BCUT2D eigenvalue weighted by Gasteiger charge is -2.28. The van der Waals surface area contributed by atoms with Crippen LogP contribution in [0.15, 0.2) is 0 Å². The van der Waals surface area contributed by atoms with E-state index >= 15 is 0 Å². The maximum atomic E-state index is 12.4. The lowest BCUT2D eigenvalue weighted by atomic mass is 9.97. The molecule has 0 saturated heterocycles. The van der Waals surface area contributed by atoms with Gasteiger partial charge in [-0.3, -0.25) is 9.48 Å². The summed E-state index contributed by atoms with van der Waals surface area (Å²) in [4.78, 5) is 12.4. The molecule has 5 nitrogen and oxygen atoms in total. The third kappa shape index (κ3) is 2.14. The highest BCUT2D eigenvalue weighted by atomic mass is 16.1. The summed E-state index contributed by atoms with van der Waals surface area (Å²) in [7, 11) is 1.85. The molecule has 0 atom stereocenters. The van der Waals surface area contributed by atoms with E-state index in [4.69, 9.17) is 5.73 Å². The summed E-state index contributed by atoms with van der Waals surface area (Å²) in [6, 6.07) is 0. The first kappa shape index (κ1) is 13.1. The highest BCUT2D eigenvalue weighted by molar-refractivity contribution is 5.96. The SMILES string of the molecule is Cc1nn(C)c(C)c1C(=O)NC1(CN)CCCC1. The first-order valence-electron chi connectivity index (χ1n) is 6.52. The summed E-state index contributed by atoms with van der Waals surface area (Å²) in [5.74, 6) is -0.0366. The molecule has 0 spiro atoms. The van der Waals surface area contributed by atoms with Crippen molar-refractivity contribution >= 4 is 5.91 Å². The molecule has 1 aliphatic carbocycles. The van der Waals surface area contributed by atoms with Crippen LogP contribution in [0.5, 0.6) is 0 Å². The molecule has 1 amide bonds. The fourth-order valence-electron chi connectivity index (χ4n) is 2.84. The van der Waals surface area contributed by atoms with E-state index in [1.165, 1.54) is 0 Å². The van der Waals surface area contributed by atoms with Crippen LogP contribution < -0.4 is 11.1 Å². The lowest BCUT2D eigenvalue weighted by molar-refractivity contribution is 0.0901. The Balaban J connectivity index is 2.21. The molecular formula is C13H22N4O. The van der Waals surface area contributed by atoms with Gasteiger partial charge in [0.25, 0.3) is 5.91 Å². The predicted octanol–water partition coefficient (Wildman–Crippen LogP) is 1.04. The van der Waals surface area contributed by atoms with Crippen molar-refractivity contribution in [1.29, 1.82) is 0 Å². The van der Waals surface area contributed by atoms with Gasteiger partial charge in [-0.15, -0.1) is 0 Å². The van der Waals surface area contributed by atoms with Crippen molar-refractivity contribution in [2.24, 2.45) is 12.8 Å². The Kier molecular flexibility index (Phi) is 3.43.